The SMILES string of the molecule is NC(=NCc1ccccc1C(F)(F)F)Nc1ccc2c(c1)OCCCO2. The first-order chi connectivity index (χ1) is 12.4. The van der Waals surface area contributed by atoms with Gasteiger partial charge in [0.25, 0.3) is 0 Å². The molecule has 0 saturated carbocycles. The van der Waals surface area contributed by atoms with E-state index < -0.39 is 11.7 Å². The summed E-state index contributed by atoms with van der Waals surface area (Å²) in [6.07, 6.45) is -3.64. The van der Waals surface area contributed by atoms with Gasteiger partial charge in [-0.2, -0.15) is 13.2 Å². The maximum atomic E-state index is 13.0. The number of guanidine groups is 1. The third-order valence-corrected chi connectivity index (χ3v) is 3.76. The molecule has 0 saturated heterocycles. The fourth-order valence-electron chi connectivity index (χ4n) is 2.53. The molecule has 0 aliphatic carbocycles. The van der Waals surface area contributed by atoms with E-state index >= 15 is 0 Å². The average Bonchev–Trinajstić information content (AvgIpc) is 2.84. The van der Waals surface area contributed by atoms with E-state index in [0.717, 1.165) is 12.5 Å². The maximum Gasteiger partial charge on any atom is 0.416 e. The lowest BCUT2D eigenvalue weighted by Crippen LogP contribution is -2.23. The van der Waals surface area contributed by atoms with Crippen molar-refractivity contribution >= 4 is 11.6 Å². The van der Waals surface area contributed by atoms with Gasteiger partial charge in [0.2, 0.25) is 0 Å². The summed E-state index contributed by atoms with van der Waals surface area (Å²) in [6.45, 7) is 0.954. The van der Waals surface area contributed by atoms with Crippen molar-refractivity contribution < 1.29 is 22.6 Å². The molecule has 0 radical (unpaired) electrons. The third-order valence-electron chi connectivity index (χ3n) is 3.76. The normalized spacial score (nSPS) is 14.7. The Morgan fingerprint density at radius 3 is 2.58 bits per heavy atom. The van der Waals surface area contributed by atoms with Crippen LogP contribution in [0.25, 0.3) is 0 Å². The van der Waals surface area contributed by atoms with Crippen LogP contribution in [0.5, 0.6) is 11.5 Å². The molecule has 0 atom stereocenters. The van der Waals surface area contributed by atoms with Crippen LogP contribution < -0.4 is 20.5 Å². The molecule has 0 aromatic heterocycles. The quantitative estimate of drug-likeness (QED) is 0.641. The first-order valence-electron chi connectivity index (χ1n) is 8.05. The molecule has 3 N–H and O–H groups in total. The van der Waals surface area contributed by atoms with E-state index in [1.54, 1.807) is 18.2 Å². The number of ether oxygens (including phenoxy) is 2. The van der Waals surface area contributed by atoms with Crippen LogP contribution in [0.15, 0.2) is 47.5 Å². The van der Waals surface area contributed by atoms with Crippen LogP contribution in [0, 0.1) is 0 Å². The van der Waals surface area contributed by atoms with Gasteiger partial charge in [0.05, 0.1) is 25.3 Å². The number of rotatable bonds is 3. The van der Waals surface area contributed by atoms with Gasteiger partial charge in [0.1, 0.15) is 0 Å². The second-order valence-electron chi connectivity index (χ2n) is 5.69. The molecule has 1 aliphatic rings. The minimum atomic E-state index is -4.43. The van der Waals surface area contributed by atoms with E-state index in [-0.39, 0.29) is 18.1 Å². The molecule has 2 aromatic rings. The molecule has 5 nitrogen and oxygen atoms in total. The van der Waals surface area contributed by atoms with Crippen LogP contribution in [0.1, 0.15) is 17.5 Å². The van der Waals surface area contributed by atoms with E-state index in [1.807, 2.05) is 0 Å². The van der Waals surface area contributed by atoms with Crippen molar-refractivity contribution in [3.8, 4) is 11.5 Å². The highest BCUT2D eigenvalue weighted by molar-refractivity contribution is 5.92. The Morgan fingerprint density at radius 1 is 1.08 bits per heavy atom. The lowest BCUT2D eigenvalue weighted by Gasteiger charge is -2.12. The average molecular weight is 365 g/mol. The predicted octanol–water partition coefficient (Wildman–Crippen LogP) is 3.79. The summed E-state index contributed by atoms with van der Waals surface area (Å²) in [5.41, 5.74) is 5.76. The molecule has 0 fully saturated rings. The van der Waals surface area contributed by atoms with Crippen molar-refractivity contribution in [2.45, 2.75) is 19.1 Å². The standard InChI is InChI=1S/C18H18F3N3O2/c19-18(20,21)14-5-2-1-4-12(14)11-23-17(22)24-13-6-7-15-16(10-13)26-9-3-8-25-15/h1-2,4-7,10H,3,8-9,11H2,(H3,22,23,24). The lowest BCUT2D eigenvalue weighted by molar-refractivity contribution is -0.138. The van der Waals surface area contributed by atoms with Crippen LogP contribution in [-0.4, -0.2) is 19.2 Å². The minimum absolute atomic E-state index is 0.0106. The van der Waals surface area contributed by atoms with Crippen molar-refractivity contribution in [1.29, 1.82) is 0 Å². The van der Waals surface area contributed by atoms with Crippen molar-refractivity contribution in [2.24, 2.45) is 10.7 Å². The highest BCUT2D eigenvalue weighted by Gasteiger charge is 2.32. The van der Waals surface area contributed by atoms with E-state index in [4.69, 9.17) is 15.2 Å². The van der Waals surface area contributed by atoms with Gasteiger partial charge in [-0.1, -0.05) is 18.2 Å². The maximum absolute atomic E-state index is 13.0. The van der Waals surface area contributed by atoms with Crippen LogP contribution in [0.2, 0.25) is 0 Å². The zero-order chi connectivity index (χ0) is 18.6. The van der Waals surface area contributed by atoms with Gasteiger partial charge < -0.3 is 20.5 Å². The molecule has 8 heteroatoms. The van der Waals surface area contributed by atoms with Crippen LogP contribution in [0.3, 0.4) is 0 Å². The van der Waals surface area contributed by atoms with Crippen LogP contribution >= 0.6 is 0 Å². The Labute approximate surface area is 148 Å². The van der Waals surface area contributed by atoms with Crippen molar-refractivity contribution in [2.75, 3.05) is 18.5 Å². The molecule has 26 heavy (non-hydrogen) atoms. The number of benzene rings is 2. The highest BCUT2D eigenvalue weighted by Crippen LogP contribution is 2.33. The summed E-state index contributed by atoms with van der Waals surface area (Å²) in [5, 5.41) is 2.85. The smallest absolute Gasteiger partial charge is 0.416 e. The molecule has 2 aromatic carbocycles. The fourth-order valence-corrected chi connectivity index (χ4v) is 2.53. The monoisotopic (exact) mass is 365 g/mol. The first kappa shape index (κ1) is 17.9. The Balaban J connectivity index is 1.71. The zero-order valence-electron chi connectivity index (χ0n) is 13.8. The Morgan fingerprint density at radius 2 is 1.81 bits per heavy atom. The van der Waals surface area contributed by atoms with Crippen molar-refractivity contribution in [1.82, 2.24) is 0 Å². The Hall–Kier alpha value is -2.90. The number of nitrogens with zero attached hydrogens (tertiary/aromatic N) is 1. The predicted molar refractivity (Wildman–Crippen MR) is 92.4 cm³/mol. The fraction of sp³-hybridized carbons (Fsp3) is 0.278. The van der Waals surface area contributed by atoms with Crippen LogP contribution in [-0.2, 0) is 12.7 Å². The number of alkyl halides is 3. The number of aliphatic imine (C=N–C) groups is 1. The van der Waals surface area contributed by atoms with Gasteiger partial charge in [-0.25, -0.2) is 4.99 Å². The molecule has 0 amide bonds. The van der Waals surface area contributed by atoms with Gasteiger partial charge in [-0.3, -0.25) is 0 Å². The van der Waals surface area contributed by atoms with Gasteiger partial charge >= 0.3 is 6.18 Å². The van der Waals surface area contributed by atoms with Crippen molar-refractivity contribution in [3.05, 3.63) is 53.6 Å². The molecule has 138 valence electrons. The lowest BCUT2D eigenvalue weighted by atomic mass is 10.1. The summed E-state index contributed by atoms with van der Waals surface area (Å²) in [5.74, 6) is 1.24. The molecular formula is C18H18F3N3O2. The van der Waals surface area contributed by atoms with Gasteiger partial charge in [-0.15, -0.1) is 0 Å². The summed E-state index contributed by atoms with van der Waals surface area (Å²) in [4.78, 5) is 4.01. The van der Waals surface area contributed by atoms with E-state index in [2.05, 4.69) is 10.3 Å². The van der Waals surface area contributed by atoms with Gasteiger partial charge in [0.15, 0.2) is 17.5 Å². The van der Waals surface area contributed by atoms with E-state index in [9.17, 15) is 13.2 Å². The zero-order valence-corrected chi connectivity index (χ0v) is 13.8. The number of fused-ring (bicyclic) bond motifs is 1. The topological polar surface area (TPSA) is 68.9 Å². The number of hydrogen-bond acceptors (Lipinski definition) is 3. The molecule has 3 rings (SSSR count). The number of nitrogens with one attached hydrogen (secondary N) is 1. The summed E-state index contributed by atoms with van der Waals surface area (Å²) in [7, 11) is 0. The first-order valence-corrected chi connectivity index (χ1v) is 8.05. The van der Waals surface area contributed by atoms with Gasteiger partial charge in [0, 0.05) is 18.2 Å². The van der Waals surface area contributed by atoms with Crippen LogP contribution in [0.4, 0.5) is 18.9 Å². The van der Waals surface area contributed by atoms with Crippen molar-refractivity contribution in [3.63, 3.8) is 0 Å². The number of halogens is 3. The molecule has 1 heterocycles. The van der Waals surface area contributed by atoms with Gasteiger partial charge in [-0.05, 0) is 23.8 Å². The second-order valence-corrected chi connectivity index (χ2v) is 5.69. The largest absolute Gasteiger partial charge is 0.490 e. The highest BCUT2D eigenvalue weighted by atomic mass is 19.4. The molecule has 1 aliphatic heterocycles. The van der Waals surface area contributed by atoms with E-state index in [1.165, 1.54) is 18.2 Å². The number of hydrogen-bond donors (Lipinski definition) is 2. The minimum Gasteiger partial charge on any atom is -0.490 e. The Kier molecular flexibility index (Phi) is 5.20. The van der Waals surface area contributed by atoms with E-state index in [0.29, 0.717) is 30.4 Å². The molecule has 0 unspecified atom stereocenters. The summed E-state index contributed by atoms with van der Waals surface area (Å²) in [6, 6.07) is 10.5. The summed E-state index contributed by atoms with van der Waals surface area (Å²) >= 11 is 0. The molecule has 0 spiro atoms. The second kappa shape index (κ2) is 7.55. The third kappa shape index (κ3) is 4.38. The Bertz CT molecular complexity index is 807. The summed E-state index contributed by atoms with van der Waals surface area (Å²) < 4.78 is 50.1. The number of anilines is 1. The number of nitrogens with two attached hydrogens (primary N) is 1. The molecule has 0 bridgehead atoms. The molecular weight excluding hydrogens is 347 g/mol.